The van der Waals surface area contributed by atoms with Crippen molar-refractivity contribution in [2.45, 2.75) is 124 Å². The summed E-state index contributed by atoms with van der Waals surface area (Å²) in [6.07, 6.45) is 6.10. The fraction of sp³-hybridized carbons (Fsp3) is 0.510. The Bertz CT molecular complexity index is 2080. The lowest BCUT2D eigenvalue weighted by atomic mass is 9.90. The zero-order valence-corrected chi connectivity index (χ0v) is 39.8. The third-order valence-corrected chi connectivity index (χ3v) is 10.4. The normalized spacial score (nSPS) is 12.0. The molecular weight excluding hydrogens is 883 g/mol. The van der Waals surface area contributed by atoms with Crippen LogP contribution in [0, 0.1) is 5.92 Å². The molecule has 68 heavy (non-hydrogen) atoms. The molecule has 0 aliphatic heterocycles. The van der Waals surface area contributed by atoms with Gasteiger partial charge >= 0.3 is 24.0 Å². The van der Waals surface area contributed by atoms with Crippen LogP contribution in [0.15, 0.2) is 65.1 Å². The van der Waals surface area contributed by atoms with Gasteiger partial charge in [-0.15, -0.1) is 0 Å². The molecule has 0 unspecified atom stereocenters. The Hall–Kier alpha value is -6.92. The van der Waals surface area contributed by atoms with Crippen LogP contribution in [0.3, 0.4) is 0 Å². The largest absolute Gasteiger partial charge is 0.481 e. The Kier molecular flexibility index (Phi) is 25.4. The van der Waals surface area contributed by atoms with Crippen molar-refractivity contribution in [2.24, 2.45) is 5.92 Å². The maximum atomic E-state index is 13.8. The van der Waals surface area contributed by atoms with Crippen molar-refractivity contribution in [1.82, 2.24) is 21.0 Å². The first-order valence-corrected chi connectivity index (χ1v) is 23.4. The maximum absolute atomic E-state index is 13.8. The molecule has 1 aromatic heterocycles. The summed E-state index contributed by atoms with van der Waals surface area (Å²) in [4.78, 5) is 109. The van der Waals surface area contributed by atoms with Crippen LogP contribution in [0.1, 0.15) is 133 Å². The van der Waals surface area contributed by atoms with Crippen LogP contribution in [-0.4, -0.2) is 98.4 Å². The first kappa shape index (κ1) is 55.4. The number of hydroxylamine groups is 2. The summed E-state index contributed by atoms with van der Waals surface area (Å²) in [7, 11) is 0. The molecule has 0 spiro atoms. The molecule has 0 fully saturated rings. The Labute approximate surface area is 397 Å². The minimum absolute atomic E-state index is 0.0856. The van der Waals surface area contributed by atoms with Crippen LogP contribution in [0.25, 0.3) is 11.3 Å². The Morgan fingerprint density at radius 2 is 1.38 bits per heavy atom. The lowest BCUT2D eigenvalue weighted by molar-refractivity contribution is -0.167. The molecule has 3 atom stereocenters. The average Bonchev–Trinajstić information content (AvgIpc) is 3.84. The number of hydrogen-bond donors (Lipinski definition) is 4. The fourth-order valence-corrected chi connectivity index (χ4v) is 6.62. The molecule has 3 aromatic rings. The van der Waals surface area contributed by atoms with Crippen molar-refractivity contribution in [2.75, 3.05) is 38.4 Å². The third kappa shape index (κ3) is 19.1. The number of carbonyl (C=O) groups excluding carboxylic acids is 8. The standard InChI is InChI=1S/C49H67N5O14/c1-6-11-16-21-36(39(10-5)54(33-55)68-49(62)52-35-19-17-15-18-20-35)45(58)50-32-51-47(60)41-25-24-40(67-41)34-22-23-37(42(29-34)66-31-44(57)64-27-13-8-3)46(59)53-38(48(61)65-28-14-9-4)30-43(56)63-26-12-7-2/h15,17-20,22-25,29,33,36,38-39H,6-14,16,21,26-28,30-32H2,1-5H3,(H,50,58)(H,51,60)(H,52,62)(H,53,59)/t36-,38+,39-/m1/s1. The Morgan fingerprint density at radius 1 is 0.721 bits per heavy atom. The fourth-order valence-electron chi connectivity index (χ4n) is 6.62. The number of nitrogens with one attached hydrogen (secondary N) is 4. The minimum Gasteiger partial charge on any atom is -0.481 e. The summed E-state index contributed by atoms with van der Waals surface area (Å²) in [5.41, 5.74) is 0.685. The molecule has 2 aromatic carbocycles. The lowest BCUT2D eigenvalue weighted by Gasteiger charge is -2.31. The van der Waals surface area contributed by atoms with Gasteiger partial charge in [0.25, 0.3) is 11.8 Å². The molecule has 0 radical (unpaired) electrons. The van der Waals surface area contributed by atoms with Crippen LogP contribution >= 0.6 is 0 Å². The van der Waals surface area contributed by atoms with Gasteiger partial charge in [-0.25, -0.2) is 14.4 Å². The van der Waals surface area contributed by atoms with E-state index in [9.17, 15) is 38.4 Å². The number of para-hydroxylation sites is 1. The van der Waals surface area contributed by atoms with Crippen LogP contribution < -0.4 is 26.0 Å². The SMILES string of the molecule is CCCCC[C@@H](C(=O)NCNC(=O)c1ccc(-c2ccc(C(=O)N[C@@H](CC(=O)OCCCC)C(=O)OCCCC)c(OCC(=O)OCCCC)c2)o1)[C@@H](CC)N(C=O)OC(=O)Nc1ccccc1. The highest BCUT2D eigenvalue weighted by Gasteiger charge is 2.34. The van der Waals surface area contributed by atoms with Gasteiger partial charge in [-0.05, 0) is 68.5 Å². The average molecular weight is 950 g/mol. The first-order chi connectivity index (χ1) is 32.9. The summed E-state index contributed by atoms with van der Waals surface area (Å²) in [6, 6.07) is 13.5. The van der Waals surface area contributed by atoms with Gasteiger partial charge in [0.15, 0.2) is 12.4 Å². The minimum atomic E-state index is -1.39. The van der Waals surface area contributed by atoms with Crippen molar-refractivity contribution in [1.29, 1.82) is 0 Å². The van der Waals surface area contributed by atoms with E-state index >= 15 is 0 Å². The van der Waals surface area contributed by atoms with Crippen molar-refractivity contribution < 1.29 is 66.6 Å². The van der Waals surface area contributed by atoms with E-state index in [1.807, 2.05) is 27.7 Å². The summed E-state index contributed by atoms with van der Waals surface area (Å²) < 4.78 is 27.5. The van der Waals surface area contributed by atoms with Crippen molar-refractivity contribution in [3.05, 3.63) is 72.0 Å². The summed E-state index contributed by atoms with van der Waals surface area (Å²) >= 11 is 0. The molecule has 0 aliphatic carbocycles. The van der Waals surface area contributed by atoms with Gasteiger partial charge in [-0.2, -0.15) is 5.06 Å². The number of rotatable bonds is 32. The highest BCUT2D eigenvalue weighted by Crippen LogP contribution is 2.30. The highest BCUT2D eigenvalue weighted by molar-refractivity contribution is 6.00. The molecule has 0 aliphatic rings. The maximum Gasteiger partial charge on any atom is 0.436 e. The zero-order valence-electron chi connectivity index (χ0n) is 39.8. The number of hydrogen-bond acceptors (Lipinski definition) is 14. The molecule has 3 rings (SSSR count). The molecule has 4 N–H and O–H groups in total. The summed E-state index contributed by atoms with van der Waals surface area (Å²) in [6.45, 7) is 9.08. The number of anilines is 1. The van der Waals surface area contributed by atoms with Gasteiger partial charge in [0, 0.05) is 11.3 Å². The van der Waals surface area contributed by atoms with E-state index < -0.39 is 72.8 Å². The summed E-state index contributed by atoms with van der Waals surface area (Å²) in [5.74, 6) is -5.07. The predicted molar refractivity (Wildman–Crippen MR) is 250 cm³/mol. The number of furan rings is 1. The van der Waals surface area contributed by atoms with Gasteiger partial charge < -0.3 is 44.2 Å². The Balaban J connectivity index is 1.78. The number of unbranched alkanes of at least 4 members (excludes halogenated alkanes) is 5. The van der Waals surface area contributed by atoms with E-state index in [0.717, 1.165) is 37.2 Å². The van der Waals surface area contributed by atoms with E-state index in [0.29, 0.717) is 49.8 Å². The Morgan fingerprint density at radius 3 is 2.03 bits per heavy atom. The molecule has 5 amide bonds. The number of esters is 3. The quantitative estimate of drug-likeness (QED) is 0.0120. The van der Waals surface area contributed by atoms with Gasteiger partial charge in [-0.3, -0.25) is 29.3 Å². The zero-order chi connectivity index (χ0) is 49.7. The lowest BCUT2D eigenvalue weighted by Crippen LogP contribution is -2.49. The van der Waals surface area contributed by atoms with Crippen LogP contribution in [0.5, 0.6) is 5.75 Å². The predicted octanol–water partition coefficient (Wildman–Crippen LogP) is 7.24. The second kappa shape index (κ2) is 31.1. The van der Waals surface area contributed by atoms with Gasteiger partial charge in [0.2, 0.25) is 12.3 Å². The molecule has 0 saturated heterocycles. The third-order valence-electron chi connectivity index (χ3n) is 10.4. The molecule has 19 heteroatoms. The number of benzene rings is 2. The molecular formula is C49H67N5O14. The molecule has 372 valence electrons. The van der Waals surface area contributed by atoms with Crippen LogP contribution in [-0.2, 0) is 43.0 Å². The smallest absolute Gasteiger partial charge is 0.436 e. The van der Waals surface area contributed by atoms with E-state index in [1.165, 1.54) is 30.3 Å². The van der Waals surface area contributed by atoms with E-state index in [-0.39, 0.29) is 55.7 Å². The summed E-state index contributed by atoms with van der Waals surface area (Å²) in [5, 5.41) is 11.2. The molecule has 0 saturated carbocycles. The number of amides is 5. The second-order valence-electron chi connectivity index (χ2n) is 15.7. The number of ether oxygens (including phenoxy) is 4. The molecule has 0 bridgehead atoms. The van der Waals surface area contributed by atoms with Gasteiger partial charge in [0.1, 0.15) is 17.6 Å². The number of nitrogens with zero attached hydrogens (tertiary/aromatic N) is 1. The molecule has 1 heterocycles. The topological polar surface area (TPSA) is 247 Å². The second-order valence-corrected chi connectivity index (χ2v) is 15.7. The van der Waals surface area contributed by atoms with Crippen molar-refractivity contribution in [3.8, 4) is 17.1 Å². The van der Waals surface area contributed by atoms with Gasteiger partial charge in [0.05, 0.1) is 50.4 Å². The first-order valence-electron chi connectivity index (χ1n) is 23.4. The van der Waals surface area contributed by atoms with Gasteiger partial charge in [-0.1, -0.05) is 97.4 Å². The van der Waals surface area contributed by atoms with Crippen molar-refractivity contribution in [3.63, 3.8) is 0 Å². The molecule has 19 nitrogen and oxygen atoms in total. The van der Waals surface area contributed by atoms with Crippen LogP contribution in [0.4, 0.5) is 10.5 Å². The highest BCUT2D eigenvalue weighted by atomic mass is 16.7. The van der Waals surface area contributed by atoms with Crippen LogP contribution in [0.2, 0.25) is 0 Å². The van der Waals surface area contributed by atoms with E-state index in [4.69, 9.17) is 28.2 Å². The van der Waals surface area contributed by atoms with E-state index in [2.05, 4.69) is 21.3 Å². The van der Waals surface area contributed by atoms with E-state index in [1.54, 1.807) is 37.3 Å². The monoisotopic (exact) mass is 949 g/mol. The van der Waals surface area contributed by atoms with Crippen molar-refractivity contribution >= 4 is 53.8 Å². The number of carbonyl (C=O) groups is 8.